The molecule has 1 amide bonds. The lowest BCUT2D eigenvalue weighted by Gasteiger charge is -2.31. The van der Waals surface area contributed by atoms with E-state index in [0.29, 0.717) is 39.5 Å². The van der Waals surface area contributed by atoms with Gasteiger partial charge in [-0.1, -0.05) is 11.6 Å². The van der Waals surface area contributed by atoms with E-state index in [1.807, 2.05) is 0 Å². The Morgan fingerprint density at radius 3 is 2.62 bits per heavy atom. The number of amides is 1. The van der Waals surface area contributed by atoms with Crippen LogP contribution >= 0.6 is 11.6 Å². The second kappa shape index (κ2) is 10.8. The number of tetrazole rings is 1. The zero-order valence-electron chi connectivity index (χ0n) is 22.8. The number of benzene rings is 1. The van der Waals surface area contributed by atoms with E-state index < -0.39 is 34.7 Å². The average Bonchev–Trinajstić information content (AvgIpc) is 3.55. The van der Waals surface area contributed by atoms with E-state index in [1.165, 1.54) is 33.9 Å². The highest BCUT2D eigenvalue weighted by Gasteiger charge is 2.52. The Bertz CT molecular complexity index is 1730. The lowest BCUT2D eigenvalue weighted by molar-refractivity contribution is -0.143. The molecule has 1 aliphatic heterocycles. The third-order valence-corrected chi connectivity index (χ3v) is 7.13. The number of rotatable bonds is 7. The smallest absolute Gasteiger partial charge is 0.412 e. The molecule has 216 valence electrons. The van der Waals surface area contributed by atoms with Crippen molar-refractivity contribution >= 4 is 35.6 Å². The number of nitrogens with zero attached hydrogens (tertiary/aromatic N) is 6. The van der Waals surface area contributed by atoms with Crippen LogP contribution in [0.1, 0.15) is 44.6 Å². The van der Waals surface area contributed by atoms with Crippen LogP contribution in [0.25, 0.3) is 16.8 Å². The summed E-state index contributed by atoms with van der Waals surface area (Å²) in [6, 6.07) is 9.69. The first-order valence-corrected chi connectivity index (χ1v) is 13.2. The molecule has 4 aromatic rings. The molecule has 1 aromatic carbocycles. The third kappa shape index (κ3) is 5.38. The lowest BCUT2D eigenvalue weighted by atomic mass is 9.73. The molecule has 3 aromatic heterocycles. The first-order valence-electron chi connectivity index (χ1n) is 12.8. The van der Waals surface area contributed by atoms with E-state index in [4.69, 9.17) is 16.3 Å². The molecular formula is C28H26ClN7O6. The molecule has 1 aliphatic rings. The van der Waals surface area contributed by atoms with Crippen LogP contribution < -0.4 is 10.9 Å². The monoisotopic (exact) mass is 591 g/mol. The van der Waals surface area contributed by atoms with Gasteiger partial charge in [-0.25, -0.2) is 9.59 Å². The maximum atomic E-state index is 13.6. The van der Waals surface area contributed by atoms with Gasteiger partial charge in [-0.3, -0.25) is 19.7 Å². The lowest BCUT2D eigenvalue weighted by Crippen LogP contribution is -2.41. The molecule has 0 fully saturated rings. The molecule has 0 aliphatic carbocycles. The Labute approximate surface area is 244 Å². The fraction of sp³-hybridized carbons (Fsp3) is 0.286. The van der Waals surface area contributed by atoms with Crippen molar-refractivity contribution in [1.29, 1.82) is 0 Å². The van der Waals surface area contributed by atoms with Gasteiger partial charge in [-0.2, -0.15) is 4.68 Å². The van der Waals surface area contributed by atoms with E-state index in [1.54, 1.807) is 51.1 Å². The number of aldehydes is 1. The molecule has 14 heteroatoms. The van der Waals surface area contributed by atoms with E-state index >= 15 is 0 Å². The average molecular weight is 592 g/mol. The zero-order valence-corrected chi connectivity index (χ0v) is 23.6. The number of ether oxygens (including phenoxy) is 1. The van der Waals surface area contributed by atoms with Gasteiger partial charge in [0, 0.05) is 35.2 Å². The maximum Gasteiger partial charge on any atom is 0.412 e. The molecular weight excluding hydrogens is 566 g/mol. The fourth-order valence-electron chi connectivity index (χ4n) is 5.30. The molecule has 13 nitrogen and oxygen atoms in total. The molecule has 0 saturated heterocycles. The summed E-state index contributed by atoms with van der Waals surface area (Å²) in [5, 5.41) is 24.6. The van der Waals surface area contributed by atoms with Gasteiger partial charge in [0.2, 0.25) is 0 Å². The van der Waals surface area contributed by atoms with Crippen LogP contribution in [0.5, 0.6) is 0 Å². The topological polar surface area (TPSA) is 171 Å². The van der Waals surface area contributed by atoms with Crippen molar-refractivity contribution in [2.75, 3.05) is 5.32 Å². The molecule has 0 saturated carbocycles. The first-order chi connectivity index (χ1) is 19.9. The summed E-state index contributed by atoms with van der Waals surface area (Å²) >= 11 is 6.29. The number of carbonyl (C=O) groups is 3. The summed E-state index contributed by atoms with van der Waals surface area (Å²) in [6.45, 7) is 5.19. The molecule has 5 rings (SSSR count). The number of carboxylic acid groups (broad SMARTS) is 1. The van der Waals surface area contributed by atoms with Crippen molar-refractivity contribution in [3.8, 4) is 16.8 Å². The number of pyridine rings is 2. The minimum Gasteiger partial charge on any atom is -0.480 e. The summed E-state index contributed by atoms with van der Waals surface area (Å²) in [7, 11) is 0. The van der Waals surface area contributed by atoms with E-state index in [2.05, 4.69) is 25.8 Å². The summed E-state index contributed by atoms with van der Waals surface area (Å²) < 4.78 is 7.87. The van der Waals surface area contributed by atoms with Gasteiger partial charge < -0.3 is 14.6 Å². The molecule has 0 radical (unpaired) electrons. The Balaban J connectivity index is 1.58. The Morgan fingerprint density at radius 2 is 2.00 bits per heavy atom. The van der Waals surface area contributed by atoms with Gasteiger partial charge in [0.05, 0.1) is 28.7 Å². The van der Waals surface area contributed by atoms with Crippen LogP contribution in [0.3, 0.4) is 0 Å². The summed E-state index contributed by atoms with van der Waals surface area (Å²) in [5.74, 6) is -1.29. The van der Waals surface area contributed by atoms with Crippen LogP contribution in [0.2, 0.25) is 5.02 Å². The minimum atomic E-state index is -1.42. The number of aliphatic carboxylic acids is 1. The van der Waals surface area contributed by atoms with E-state index in [9.17, 15) is 24.3 Å². The maximum absolute atomic E-state index is 13.6. The van der Waals surface area contributed by atoms with Crippen molar-refractivity contribution in [2.45, 2.75) is 50.7 Å². The SMILES string of the molecule is CC(C)(C)OC(=O)Nc1ccc(C2(CC=O)Cc3cc(-c4cc(Cl)ccc4-n4cnnn4)cc(=O)n3[C@@H]2C(=O)O)nc1. The highest BCUT2D eigenvalue weighted by atomic mass is 35.5. The van der Waals surface area contributed by atoms with Gasteiger partial charge in [0.25, 0.3) is 5.56 Å². The largest absolute Gasteiger partial charge is 0.480 e. The fourth-order valence-corrected chi connectivity index (χ4v) is 5.47. The number of anilines is 1. The standard InChI is InChI=1S/C28H26ClN7O6/c1-27(2,3)42-26(41)32-18-5-7-22(30-14-18)28(8-9-37)13-19-10-16(11-23(38)36(19)24(28)25(39)40)20-12-17(29)4-6-21(20)35-15-31-33-34-35/h4-7,9-12,14-15,24H,8,13H2,1-3H3,(H,32,41)(H,39,40)/t24-,28?/m1/s1. The molecule has 2 atom stereocenters. The second-order valence-corrected chi connectivity index (χ2v) is 11.3. The van der Waals surface area contributed by atoms with Crippen LogP contribution in [0.4, 0.5) is 10.5 Å². The van der Waals surface area contributed by atoms with Crippen molar-refractivity contribution in [1.82, 2.24) is 29.8 Å². The van der Waals surface area contributed by atoms with Crippen LogP contribution in [0.15, 0.2) is 59.8 Å². The van der Waals surface area contributed by atoms with Crippen molar-refractivity contribution in [3.05, 3.63) is 81.8 Å². The first kappa shape index (κ1) is 28.6. The van der Waals surface area contributed by atoms with E-state index in [0.717, 1.165) is 0 Å². The number of hydrogen-bond donors (Lipinski definition) is 2. The number of aromatic nitrogens is 6. The number of halogens is 1. The van der Waals surface area contributed by atoms with Gasteiger partial charge in [0.15, 0.2) is 0 Å². The number of carbonyl (C=O) groups excluding carboxylic acids is 2. The molecule has 1 unspecified atom stereocenters. The highest BCUT2D eigenvalue weighted by Crippen LogP contribution is 2.46. The number of hydrogen-bond acceptors (Lipinski definition) is 9. The molecule has 4 heterocycles. The summed E-state index contributed by atoms with van der Waals surface area (Å²) in [5.41, 5.74) is -0.113. The zero-order chi connectivity index (χ0) is 30.2. The second-order valence-electron chi connectivity index (χ2n) is 10.9. The predicted molar refractivity (Wildman–Crippen MR) is 151 cm³/mol. The number of fused-ring (bicyclic) bond motifs is 1. The molecule has 0 bridgehead atoms. The van der Waals surface area contributed by atoms with Gasteiger partial charge in [-0.15, -0.1) is 5.10 Å². The van der Waals surface area contributed by atoms with Crippen LogP contribution in [-0.4, -0.2) is 58.8 Å². The molecule has 2 N–H and O–H groups in total. The quantitative estimate of drug-likeness (QED) is 0.302. The van der Waals surface area contributed by atoms with Crippen molar-refractivity contribution in [3.63, 3.8) is 0 Å². The molecule has 42 heavy (non-hydrogen) atoms. The predicted octanol–water partition coefficient (Wildman–Crippen LogP) is 3.60. The minimum absolute atomic E-state index is 0.0262. The van der Waals surface area contributed by atoms with Gasteiger partial charge in [0.1, 0.15) is 24.3 Å². The summed E-state index contributed by atoms with van der Waals surface area (Å²) in [6.07, 6.45) is 2.49. The highest BCUT2D eigenvalue weighted by molar-refractivity contribution is 6.31. The van der Waals surface area contributed by atoms with Crippen molar-refractivity contribution in [2.24, 2.45) is 0 Å². The van der Waals surface area contributed by atoms with Gasteiger partial charge >= 0.3 is 12.1 Å². The molecule has 0 spiro atoms. The van der Waals surface area contributed by atoms with Crippen molar-refractivity contribution < 1.29 is 24.2 Å². The normalized spacial score (nSPS) is 17.9. The van der Waals surface area contributed by atoms with E-state index in [-0.39, 0.29) is 18.5 Å². The third-order valence-electron chi connectivity index (χ3n) is 6.89. The summed E-state index contributed by atoms with van der Waals surface area (Å²) in [4.78, 5) is 54.9. The Hall–Kier alpha value is -4.91. The number of carboxylic acids is 1. The Morgan fingerprint density at radius 1 is 1.21 bits per heavy atom. The van der Waals surface area contributed by atoms with Crippen LogP contribution in [0, 0.1) is 0 Å². The van der Waals surface area contributed by atoms with Gasteiger partial charge in [-0.05, 0) is 73.2 Å². The van der Waals surface area contributed by atoms with Crippen LogP contribution in [-0.2, 0) is 26.2 Å². The number of nitrogens with one attached hydrogen (secondary N) is 1. The Kier molecular flexibility index (Phi) is 7.37.